The monoisotopic (exact) mass is 236 g/mol. The lowest BCUT2D eigenvalue weighted by molar-refractivity contribution is 0.415. The summed E-state index contributed by atoms with van der Waals surface area (Å²) in [6, 6.07) is 2.22. The maximum atomic E-state index is 3.52. The van der Waals surface area contributed by atoms with Crippen LogP contribution in [-0.2, 0) is 13.1 Å². The number of hydrogen-bond acceptors (Lipinski definition) is 1. The molecule has 0 radical (unpaired) electrons. The zero-order valence-corrected chi connectivity index (χ0v) is 12.1. The molecule has 1 rings (SSSR count). The summed E-state index contributed by atoms with van der Waals surface area (Å²) in [5.41, 5.74) is 1.57. The third-order valence-electron chi connectivity index (χ3n) is 3.26. The smallest absolute Gasteiger partial charge is 0.0247 e. The van der Waals surface area contributed by atoms with E-state index in [1.807, 2.05) is 0 Å². The van der Waals surface area contributed by atoms with Gasteiger partial charge in [-0.3, -0.25) is 0 Å². The highest BCUT2D eigenvalue weighted by atomic mass is 15.0. The first kappa shape index (κ1) is 14.3. The summed E-state index contributed by atoms with van der Waals surface area (Å²) in [4.78, 5) is 0. The molecule has 2 nitrogen and oxygen atoms in total. The van der Waals surface area contributed by atoms with Gasteiger partial charge in [0.15, 0.2) is 0 Å². The summed E-state index contributed by atoms with van der Waals surface area (Å²) in [6.07, 6.45) is 7.02. The van der Waals surface area contributed by atoms with Crippen molar-refractivity contribution in [3.05, 3.63) is 24.0 Å². The molecule has 0 amide bonds. The van der Waals surface area contributed by atoms with Crippen molar-refractivity contribution in [3.63, 3.8) is 0 Å². The molecule has 1 aromatic rings. The molecular weight excluding hydrogens is 208 g/mol. The fraction of sp³-hybridized carbons (Fsp3) is 0.733. The summed E-state index contributed by atoms with van der Waals surface area (Å²) in [5.74, 6) is 0.811. The van der Waals surface area contributed by atoms with Crippen molar-refractivity contribution in [3.8, 4) is 0 Å². The molecule has 1 heterocycles. The van der Waals surface area contributed by atoms with Crippen LogP contribution in [0.25, 0.3) is 0 Å². The van der Waals surface area contributed by atoms with Gasteiger partial charge in [-0.2, -0.15) is 0 Å². The summed E-state index contributed by atoms with van der Waals surface area (Å²) >= 11 is 0. The van der Waals surface area contributed by atoms with E-state index in [2.05, 4.69) is 63.0 Å². The van der Waals surface area contributed by atoms with Crippen LogP contribution >= 0.6 is 0 Å². The van der Waals surface area contributed by atoms with Crippen LogP contribution in [0.2, 0.25) is 0 Å². The zero-order chi connectivity index (χ0) is 12.9. The molecule has 98 valence electrons. The summed E-state index contributed by atoms with van der Waals surface area (Å²) < 4.78 is 2.33. The number of nitrogens with zero attached hydrogens (tertiary/aromatic N) is 1. The fourth-order valence-electron chi connectivity index (χ4n) is 1.92. The average Bonchev–Trinajstić information content (AvgIpc) is 2.70. The van der Waals surface area contributed by atoms with Crippen molar-refractivity contribution >= 4 is 0 Å². The number of hydrogen-bond donors (Lipinski definition) is 1. The summed E-state index contributed by atoms with van der Waals surface area (Å²) in [6.45, 7) is 13.3. The molecule has 0 saturated heterocycles. The van der Waals surface area contributed by atoms with Gasteiger partial charge in [0.1, 0.15) is 0 Å². The van der Waals surface area contributed by atoms with Crippen molar-refractivity contribution in [2.45, 2.75) is 66.1 Å². The molecule has 0 unspecified atom stereocenters. The van der Waals surface area contributed by atoms with Gasteiger partial charge < -0.3 is 9.88 Å². The van der Waals surface area contributed by atoms with Gasteiger partial charge in [0, 0.05) is 31.0 Å². The van der Waals surface area contributed by atoms with Gasteiger partial charge in [-0.15, -0.1) is 0 Å². The second kappa shape index (κ2) is 6.25. The Balaban J connectivity index is 2.48. The second-order valence-electron chi connectivity index (χ2n) is 6.00. The van der Waals surface area contributed by atoms with Crippen molar-refractivity contribution in [1.82, 2.24) is 9.88 Å². The summed E-state index contributed by atoms with van der Waals surface area (Å²) in [7, 11) is 0. The first-order chi connectivity index (χ1) is 7.94. The molecule has 0 aromatic carbocycles. The number of aromatic nitrogens is 1. The second-order valence-corrected chi connectivity index (χ2v) is 6.00. The van der Waals surface area contributed by atoms with Crippen LogP contribution in [0.3, 0.4) is 0 Å². The minimum absolute atomic E-state index is 0.192. The van der Waals surface area contributed by atoms with Crippen molar-refractivity contribution in [2.75, 3.05) is 0 Å². The van der Waals surface area contributed by atoms with Gasteiger partial charge in [-0.25, -0.2) is 0 Å². The van der Waals surface area contributed by atoms with Gasteiger partial charge in [0.05, 0.1) is 0 Å². The molecule has 1 N–H and O–H groups in total. The Bertz CT molecular complexity index is 316. The molecule has 0 aliphatic rings. The lowest BCUT2D eigenvalue weighted by Crippen LogP contribution is -2.34. The molecular formula is C15H28N2. The molecule has 1 aromatic heterocycles. The maximum Gasteiger partial charge on any atom is 0.0247 e. The number of nitrogens with one attached hydrogen (secondary N) is 1. The first-order valence-electron chi connectivity index (χ1n) is 6.84. The highest BCUT2D eigenvalue weighted by Crippen LogP contribution is 2.12. The van der Waals surface area contributed by atoms with Gasteiger partial charge in [-0.05, 0) is 38.3 Å². The van der Waals surface area contributed by atoms with E-state index >= 15 is 0 Å². The Morgan fingerprint density at radius 2 is 1.88 bits per heavy atom. The van der Waals surface area contributed by atoms with E-state index in [9.17, 15) is 0 Å². The van der Waals surface area contributed by atoms with E-state index in [1.54, 1.807) is 0 Å². The molecule has 0 fully saturated rings. The lowest BCUT2D eigenvalue weighted by Gasteiger charge is -2.20. The average molecular weight is 236 g/mol. The van der Waals surface area contributed by atoms with E-state index in [1.165, 1.54) is 18.4 Å². The quantitative estimate of drug-likeness (QED) is 0.794. The van der Waals surface area contributed by atoms with Crippen LogP contribution in [0.15, 0.2) is 18.5 Å². The summed E-state index contributed by atoms with van der Waals surface area (Å²) in [5, 5.41) is 3.52. The van der Waals surface area contributed by atoms with E-state index in [0.29, 0.717) is 0 Å². The van der Waals surface area contributed by atoms with Crippen LogP contribution in [0, 0.1) is 5.92 Å². The Labute approximate surface area is 106 Å². The first-order valence-corrected chi connectivity index (χ1v) is 6.84. The predicted octanol–water partition coefficient (Wildman–Crippen LogP) is 3.81. The Morgan fingerprint density at radius 1 is 1.24 bits per heavy atom. The molecule has 0 aliphatic heterocycles. The third-order valence-corrected chi connectivity index (χ3v) is 3.26. The van der Waals surface area contributed by atoms with Crippen LogP contribution in [-0.4, -0.2) is 10.1 Å². The highest BCUT2D eigenvalue weighted by Gasteiger charge is 2.09. The molecule has 17 heavy (non-hydrogen) atoms. The molecule has 0 atom stereocenters. The van der Waals surface area contributed by atoms with Crippen molar-refractivity contribution in [2.24, 2.45) is 5.92 Å². The van der Waals surface area contributed by atoms with Gasteiger partial charge in [0.25, 0.3) is 0 Å². The van der Waals surface area contributed by atoms with Crippen molar-refractivity contribution in [1.29, 1.82) is 0 Å². The molecule has 0 saturated carbocycles. The third kappa shape index (κ3) is 5.40. The SMILES string of the molecule is CCC(CC)Cn1ccc(CNC(C)(C)C)c1. The van der Waals surface area contributed by atoms with Crippen LogP contribution < -0.4 is 5.32 Å². The van der Waals surface area contributed by atoms with Crippen LogP contribution in [0.1, 0.15) is 53.0 Å². The van der Waals surface area contributed by atoms with Crippen LogP contribution in [0.4, 0.5) is 0 Å². The molecule has 0 aliphatic carbocycles. The van der Waals surface area contributed by atoms with Gasteiger partial charge in [0.2, 0.25) is 0 Å². The Kier molecular flexibility index (Phi) is 5.26. The predicted molar refractivity (Wildman–Crippen MR) is 75.1 cm³/mol. The molecule has 2 heteroatoms. The Morgan fingerprint density at radius 3 is 2.41 bits per heavy atom. The zero-order valence-electron chi connectivity index (χ0n) is 12.1. The van der Waals surface area contributed by atoms with E-state index < -0.39 is 0 Å². The van der Waals surface area contributed by atoms with E-state index in [-0.39, 0.29) is 5.54 Å². The van der Waals surface area contributed by atoms with Crippen LogP contribution in [0.5, 0.6) is 0 Å². The minimum Gasteiger partial charge on any atom is -0.354 e. The fourth-order valence-corrected chi connectivity index (χ4v) is 1.92. The van der Waals surface area contributed by atoms with E-state index in [0.717, 1.165) is 19.0 Å². The highest BCUT2D eigenvalue weighted by molar-refractivity contribution is 5.10. The van der Waals surface area contributed by atoms with Gasteiger partial charge in [-0.1, -0.05) is 26.7 Å². The standard InChI is InChI=1S/C15H28N2/c1-6-13(7-2)11-17-9-8-14(12-17)10-16-15(3,4)5/h8-9,12-13,16H,6-7,10-11H2,1-5H3. The van der Waals surface area contributed by atoms with Crippen molar-refractivity contribution < 1.29 is 0 Å². The topological polar surface area (TPSA) is 17.0 Å². The number of rotatable bonds is 6. The molecule has 0 spiro atoms. The lowest BCUT2D eigenvalue weighted by atomic mass is 10.0. The van der Waals surface area contributed by atoms with E-state index in [4.69, 9.17) is 0 Å². The Hall–Kier alpha value is -0.760. The maximum absolute atomic E-state index is 3.52. The largest absolute Gasteiger partial charge is 0.354 e. The molecule has 0 bridgehead atoms. The minimum atomic E-state index is 0.192. The normalized spacial score (nSPS) is 12.4. The van der Waals surface area contributed by atoms with Gasteiger partial charge >= 0.3 is 0 Å².